The fraction of sp³-hybridized carbons (Fsp3) is 0.611. The van der Waals surface area contributed by atoms with E-state index in [-0.39, 0.29) is 17.6 Å². The molecule has 1 unspecified atom stereocenters. The maximum Gasteiger partial charge on any atom is 0.305 e. The highest BCUT2D eigenvalue weighted by molar-refractivity contribution is 7.99. The van der Waals surface area contributed by atoms with E-state index in [1.807, 2.05) is 0 Å². The van der Waals surface area contributed by atoms with Gasteiger partial charge >= 0.3 is 5.97 Å². The molecule has 0 aromatic heterocycles. The van der Waals surface area contributed by atoms with Crippen LogP contribution in [0.25, 0.3) is 0 Å². The molecule has 0 spiro atoms. The average molecular weight is 355 g/mol. The van der Waals surface area contributed by atoms with Gasteiger partial charge in [-0.3, -0.25) is 4.79 Å². The van der Waals surface area contributed by atoms with Gasteiger partial charge in [0.1, 0.15) is 0 Å². The van der Waals surface area contributed by atoms with Crippen molar-refractivity contribution in [2.75, 3.05) is 5.75 Å². The molecule has 0 aliphatic carbocycles. The largest absolute Gasteiger partial charge is 0.481 e. The summed E-state index contributed by atoms with van der Waals surface area (Å²) < 4.78 is 6.31. The molecule has 1 N–H and O–H groups in total. The Morgan fingerprint density at radius 1 is 1.26 bits per heavy atom. The molecule has 0 saturated heterocycles. The molecule has 0 aliphatic rings. The number of hydrogen-bond donors (Lipinski definition) is 1. The number of carboxylic acid groups (broad SMARTS) is 1. The van der Waals surface area contributed by atoms with Crippen molar-refractivity contribution in [2.24, 2.45) is 0 Å². The maximum absolute atomic E-state index is 11.1. The van der Waals surface area contributed by atoms with E-state index in [1.165, 1.54) is 10.5 Å². The molecule has 1 aromatic carbocycles. The van der Waals surface area contributed by atoms with Gasteiger partial charge in [-0.2, -0.15) is 0 Å². The summed E-state index contributed by atoms with van der Waals surface area (Å²) in [5, 5.41) is 9.25. The zero-order chi connectivity index (χ0) is 17.7. The molecular formula is C18H30O3SSi. The SMILES string of the molecule is Cc1ccc(SCCC(CC(=O)O)O[Si](C)(C)C(C)(C)C)cc1. The number of aliphatic carboxylic acids is 1. The van der Waals surface area contributed by atoms with Crippen molar-refractivity contribution >= 4 is 26.0 Å². The van der Waals surface area contributed by atoms with Crippen LogP contribution in [0.4, 0.5) is 0 Å². The minimum absolute atomic E-state index is 0.0843. The van der Waals surface area contributed by atoms with E-state index in [1.54, 1.807) is 11.8 Å². The Balaban J connectivity index is 2.61. The fourth-order valence-corrected chi connectivity index (χ4v) is 4.27. The summed E-state index contributed by atoms with van der Waals surface area (Å²) in [7, 11) is -1.94. The molecule has 0 aliphatic heterocycles. The van der Waals surface area contributed by atoms with Gasteiger partial charge in [-0.1, -0.05) is 38.5 Å². The van der Waals surface area contributed by atoms with Crippen LogP contribution in [-0.4, -0.2) is 31.3 Å². The Kier molecular flexibility index (Phi) is 7.36. The van der Waals surface area contributed by atoms with Crippen LogP contribution in [0.3, 0.4) is 0 Å². The maximum atomic E-state index is 11.1. The number of hydrogen-bond acceptors (Lipinski definition) is 3. The lowest BCUT2D eigenvalue weighted by Gasteiger charge is -2.39. The summed E-state index contributed by atoms with van der Waals surface area (Å²) in [4.78, 5) is 12.4. The van der Waals surface area contributed by atoms with Gasteiger partial charge in [0.15, 0.2) is 8.32 Å². The Hall–Kier alpha value is -0.783. The van der Waals surface area contributed by atoms with E-state index in [9.17, 15) is 4.79 Å². The van der Waals surface area contributed by atoms with Crippen molar-refractivity contribution in [1.29, 1.82) is 0 Å². The van der Waals surface area contributed by atoms with Crippen LogP contribution < -0.4 is 0 Å². The van der Waals surface area contributed by atoms with E-state index in [0.29, 0.717) is 0 Å². The molecule has 1 rings (SSSR count). The van der Waals surface area contributed by atoms with Gasteiger partial charge in [-0.05, 0) is 43.6 Å². The van der Waals surface area contributed by atoms with E-state index in [2.05, 4.69) is 65.1 Å². The van der Waals surface area contributed by atoms with E-state index >= 15 is 0 Å². The summed E-state index contributed by atoms with van der Waals surface area (Å²) in [5.41, 5.74) is 1.25. The Morgan fingerprint density at radius 3 is 2.30 bits per heavy atom. The Bertz CT molecular complexity index is 506. The first kappa shape index (κ1) is 20.3. The lowest BCUT2D eigenvalue weighted by molar-refractivity contribution is -0.138. The number of carboxylic acids is 1. The molecule has 23 heavy (non-hydrogen) atoms. The number of thioether (sulfide) groups is 1. The van der Waals surface area contributed by atoms with Gasteiger partial charge in [0.25, 0.3) is 0 Å². The van der Waals surface area contributed by atoms with Crippen molar-refractivity contribution in [3.05, 3.63) is 29.8 Å². The number of rotatable bonds is 8. The van der Waals surface area contributed by atoms with Gasteiger partial charge in [-0.25, -0.2) is 0 Å². The molecule has 0 radical (unpaired) electrons. The molecule has 0 heterocycles. The summed E-state index contributed by atoms with van der Waals surface area (Å²) >= 11 is 1.76. The van der Waals surface area contributed by atoms with Gasteiger partial charge in [0.05, 0.1) is 12.5 Å². The summed E-state index contributed by atoms with van der Waals surface area (Å²) in [5.74, 6) is 0.0874. The molecule has 0 amide bonds. The number of aryl methyl sites for hydroxylation is 1. The smallest absolute Gasteiger partial charge is 0.305 e. The first-order valence-corrected chi connectivity index (χ1v) is 12.0. The first-order chi connectivity index (χ1) is 10.5. The molecule has 3 nitrogen and oxygen atoms in total. The van der Waals surface area contributed by atoms with Crippen LogP contribution in [-0.2, 0) is 9.22 Å². The Morgan fingerprint density at radius 2 is 1.83 bits per heavy atom. The van der Waals surface area contributed by atoms with Crippen LogP contribution in [0, 0.1) is 6.92 Å². The minimum atomic E-state index is -1.94. The quantitative estimate of drug-likeness (QED) is 0.505. The molecule has 0 fully saturated rings. The predicted molar refractivity (Wildman–Crippen MR) is 101 cm³/mol. The zero-order valence-electron chi connectivity index (χ0n) is 15.2. The third-order valence-corrected chi connectivity index (χ3v) is 9.98. The topological polar surface area (TPSA) is 46.5 Å². The third-order valence-electron chi connectivity index (χ3n) is 4.40. The lowest BCUT2D eigenvalue weighted by Crippen LogP contribution is -2.44. The summed E-state index contributed by atoms with van der Waals surface area (Å²) in [6.45, 7) is 13.0. The molecule has 1 aromatic rings. The molecule has 130 valence electrons. The highest BCUT2D eigenvalue weighted by Crippen LogP contribution is 2.38. The van der Waals surface area contributed by atoms with Crippen LogP contribution in [0.2, 0.25) is 18.1 Å². The second kappa shape index (κ2) is 8.35. The monoisotopic (exact) mass is 354 g/mol. The van der Waals surface area contributed by atoms with Crippen molar-refractivity contribution in [3.8, 4) is 0 Å². The standard InChI is InChI=1S/C18H30O3SSi/c1-14-7-9-16(10-8-14)22-12-11-15(13-17(19)20)21-23(5,6)18(2,3)4/h7-10,15H,11-13H2,1-6H3,(H,19,20). The summed E-state index contributed by atoms with van der Waals surface area (Å²) in [6, 6.07) is 8.42. The van der Waals surface area contributed by atoms with Crippen LogP contribution in [0.15, 0.2) is 29.2 Å². The molecular weight excluding hydrogens is 324 g/mol. The average Bonchev–Trinajstić information content (AvgIpc) is 2.38. The first-order valence-electron chi connectivity index (χ1n) is 8.10. The molecule has 0 saturated carbocycles. The summed E-state index contributed by atoms with van der Waals surface area (Å²) in [6.07, 6.45) is 0.643. The van der Waals surface area contributed by atoms with Gasteiger partial charge in [0.2, 0.25) is 0 Å². The molecule has 0 bridgehead atoms. The minimum Gasteiger partial charge on any atom is -0.481 e. The van der Waals surface area contributed by atoms with Crippen molar-refractivity contribution < 1.29 is 14.3 Å². The highest BCUT2D eigenvalue weighted by atomic mass is 32.2. The van der Waals surface area contributed by atoms with Crippen molar-refractivity contribution in [2.45, 2.75) is 69.7 Å². The number of carbonyl (C=O) groups is 1. The van der Waals surface area contributed by atoms with E-state index in [0.717, 1.165) is 12.2 Å². The Labute approximate surface area is 146 Å². The second-order valence-electron chi connectivity index (χ2n) is 7.55. The normalized spacial score (nSPS) is 13.8. The van der Waals surface area contributed by atoms with Crippen molar-refractivity contribution in [1.82, 2.24) is 0 Å². The van der Waals surface area contributed by atoms with Gasteiger partial charge < -0.3 is 9.53 Å². The molecule has 5 heteroatoms. The van der Waals surface area contributed by atoms with Crippen LogP contribution in [0.1, 0.15) is 39.2 Å². The second-order valence-corrected chi connectivity index (χ2v) is 13.5. The van der Waals surface area contributed by atoms with Gasteiger partial charge in [-0.15, -0.1) is 11.8 Å². The number of benzene rings is 1. The molecule has 1 atom stereocenters. The fourth-order valence-electron chi connectivity index (χ4n) is 1.93. The van der Waals surface area contributed by atoms with Gasteiger partial charge in [0, 0.05) is 10.6 Å². The lowest BCUT2D eigenvalue weighted by atomic mass is 10.2. The van der Waals surface area contributed by atoms with Crippen LogP contribution in [0.5, 0.6) is 0 Å². The van der Waals surface area contributed by atoms with Crippen molar-refractivity contribution in [3.63, 3.8) is 0 Å². The van der Waals surface area contributed by atoms with Crippen LogP contribution >= 0.6 is 11.8 Å². The predicted octanol–water partition coefficient (Wildman–Crippen LogP) is 5.34. The van der Waals surface area contributed by atoms with E-state index < -0.39 is 14.3 Å². The van der Waals surface area contributed by atoms with E-state index in [4.69, 9.17) is 9.53 Å². The zero-order valence-corrected chi connectivity index (χ0v) is 17.0. The third kappa shape index (κ3) is 7.10. The highest BCUT2D eigenvalue weighted by Gasteiger charge is 2.39.